The highest BCUT2D eigenvalue weighted by Gasteiger charge is 2.07. The zero-order chi connectivity index (χ0) is 14.7. The Bertz CT molecular complexity index is 725. The minimum atomic E-state index is 0.687. The molecule has 0 aliphatic heterocycles. The van der Waals surface area contributed by atoms with Crippen molar-refractivity contribution in [2.45, 2.75) is 32.9 Å². The van der Waals surface area contributed by atoms with Crippen LogP contribution < -0.4 is 5.73 Å². The number of hydrogen-bond acceptors (Lipinski definition) is 3. The zero-order valence-electron chi connectivity index (χ0n) is 12.4. The number of rotatable bonds is 6. The standard InChI is InChI=1S/C16H21N5/c1-2-8-21-16(18-12-19-21)11-20-9-6-14-10-13(5-7-17)3-4-15(14)20/h3-4,6,9-10,12H,2,5,7-8,11,17H2,1H3. The van der Waals surface area contributed by atoms with Crippen molar-refractivity contribution in [3.63, 3.8) is 0 Å². The third-order valence-corrected chi connectivity index (χ3v) is 3.71. The normalized spacial score (nSPS) is 11.3. The third kappa shape index (κ3) is 2.83. The zero-order valence-corrected chi connectivity index (χ0v) is 12.4. The van der Waals surface area contributed by atoms with Crippen LogP contribution in [0.5, 0.6) is 0 Å². The first kappa shape index (κ1) is 13.8. The van der Waals surface area contributed by atoms with Gasteiger partial charge in [-0.2, -0.15) is 5.10 Å². The van der Waals surface area contributed by atoms with E-state index in [9.17, 15) is 0 Å². The molecule has 2 heterocycles. The molecule has 0 fully saturated rings. The third-order valence-electron chi connectivity index (χ3n) is 3.71. The maximum atomic E-state index is 5.62. The van der Waals surface area contributed by atoms with Crippen molar-refractivity contribution in [3.8, 4) is 0 Å². The van der Waals surface area contributed by atoms with Gasteiger partial charge in [0.05, 0.1) is 6.54 Å². The molecule has 0 aliphatic rings. The lowest BCUT2D eigenvalue weighted by Crippen LogP contribution is -2.09. The fourth-order valence-corrected chi connectivity index (χ4v) is 2.67. The molecule has 0 bridgehead atoms. The van der Waals surface area contributed by atoms with Gasteiger partial charge in [-0.3, -0.25) is 0 Å². The van der Waals surface area contributed by atoms with E-state index in [1.54, 1.807) is 6.33 Å². The number of nitrogens with two attached hydrogens (primary N) is 1. The Hall–Kier alpha value is -2.14. The summed E-state index contributed by atoms with van der Waals surface area (Å²) in [4.78, 5) is 4.38. The molecule has 0 aliphatic carbocycles. The van der Waals surface area contributed by atoms with Gasteiger partial charge in [-0.05, 0) is 48.5 Å². The Morgan fingerprint density at radius 1 is 1.24 bits per heavy atom. The molecule has 5 nitrogen and oxygen atoms in total. The molecule has 3 aromatic rings. The van der Waals surface area contributed by atoms with E-state index < -0.39 is 0 Å². The minimum Gasteiger partial charge on any atom is -0.340 e. The predicted octanol–water partition coefficient (Wildman–Crippen LogP) is 2.19. The first-order chi connectivity index (χ1) is 10.3. The number of fused-ring (bicyclic) bond motifs is 1. The van der Waals surface area contributed by atoms with Crippen LogP contribution in [-0.4, -0.2) is 25.9 Å². The minimum absolute atomic E-state index is 0.687. The molecule has 1 aromatic carbocycles. The monoisotopic (exact) mass is 283 g/mol. The number of nitrogens with zero attached hydrogens (tertiary/aromatic N) is 4. The van der Waals surface area contributed by atoms with Crippen LogP contribution in [0.4, 0.5) is 0 Å². The Kier molecular flexibility index (Phi) is 4.01. The van der Waals surface area contributed by atoms with Crippen LogP contribution in [0.1, 0.15) is 24.7 Å². The highest BCUT2D eigenvalue weighted by Crippen LogP contribution is 2.19. The number of aryl methyl sites for hydroxylation is 1. The Morgan fingerprint density at radius 2 is 2.14 bits per heavy atom. The summed E-state index contributed by atoms with van der Waals surface area (Å²) in [5.74, 6) is 1.00. The maximum absolute atomic E-state index is 5.62. The summed E-state index contributed by atoms with van der Waals surface area (Å²) in [6.45, 7) is 4.50. The van der Waals surface area contributed by atoms with E-state index in [1.165, 1.54) is 16.5 Å². The maximum Gasteiger partial charge on any atom is 0.146 e. The average Bonchev–Trinajstić information content (AvgIpc) is 3.08. The van der Waals surface area contributed by atoms with E-state index in [-0.39, 0.29) is 0 Å². The number of hydrogen-bond donors (Lipinski definition) is 1. The van der Waals surface area contributed by atoms with Crippen molar-refractivity contribution < 1.29 is 0 Å². The van der Waals surface area contributed by atoms with Crippen molar-refractivity contribution in [3.05, 3.63) is 48.2 Å². The molecular weight excluding hydrogens is 262 g/mol. The van der Waals surface area contributed by atoms with Crippen molar-refractivity contribution in [2.24, 2.45) is 5.73 Å². The number of benzene rings is 1. The number of aromatic nitrogens is 4. The van der Waals surface area contributed by atoms with Gasteiger partial charge in [0.25, 0.3) is 0 Å². The summed E-state index contributed by atoms with van der Waals surface area (Å²) in [5.41, 5.74) is 8.13. The molecule has 0 atom stereocenters. The van der Waals surface area contributed by atoms with E-state index >= 15 is 0 Å². The van der Waals surface area contributed by atoms with Gasteiger partial charge in [-0.1, -0.05) is 13.0 Å². The van der Waals surface area contributed by atoms with Gasteiger partial charge in [0.1, 0.15) is 12.2 Å². The van der Waals surface area contributed by atoms with E-state index in [0.717, 1.165) is 31.8 Å². The molecular formula is C16H21N5. The van der Waals surface area contributed by atoms with Gasteiger partial charge >= 0.3 is 0 Å². The van der Waals surface area contributed by atoms with E-state index in [1.807, 2.05) is 4.68 Å². The SMILES string of the molecule is CCCn1ncnc1Cn1ccc2cc(CCN)ccc21. The van der Waals surface area contributed by atoms with Crippen LogP contribution in [0.25, 0.3) is 10.9 Å². The fourth-order valence-electron chi connectivity index (χ4n) is 2.67. The first-order valence-corrected chi connectivity index (χ1v) is 7.46. The average molecular weight is 283 g/mol. The lowest BCUT2D eigenvalue weighted by atomic mass is 10.1. The van der Waals surface area contributed by atoms with Crippen LogP contribution in [-0.2, 0) is 19.5 Å². The Morgan fingerprint density at radius 3 is 2.95 bits per heavy atom. The van der Waals surface area contributed by atoms with Crippen LogP contribution >= 0.6 is 0 Å². The van der Waals surface area contributed by atoms with Crippen LogP contribution in [0.2, 0.25) is 0 Å². The molecule has 2 N–H and O–H groups in total. The van der Waals surface area contributed by atoms with E-state index in [2.05, 4.69) is 52.0 Å². The highest BCUT2D eigenvalue weighted by molar-refractivity contribution is 5.81. The quantitative estimate of drug-likeness (QED) is 0.754. The second-order valence-corrected chi connectivity index (χ2v) is 5.27. The van der Waals surface area contributed by atoms with Crippen molar-refractivity contribution in [1.82, 2.24) is 19.3 Å². The summed E-state index contributed by atoms with van der Waals surface area (Å²) in [7, 11) is 0. The van der Waals surface area contributed by atoms with Gasteiger partial charge in [0, 0.05) is 18.3 Å². The highest BCUT2D eigenvalue weighted by atomic mass is 15.3. The van der Waals surface area contributed by atoms with Crippen molar-refractivity contribution >= 4 is 10.9 Å². The molecule has 21 heavy (non-hydrogen) atoms. The Balaban J connectivity index is 1.88. The van der Waals surface area contributed by atoms with E-state index in [4.69, 9.17) is 5.73 Å². The summed E-state index contributed by atoms with van der Waals surface area (Å²) in [5, 5.41) is 5.54. The van der Waals surface area contributed by atoms with Crippen molar-refractivity contribution in [1.29, 1.82) is 0 Å². The lowest BCUT2D eigenvalue weighted by Gasteiger charge is -2.07. The molecule has 0 saturated heterocycles. The topological polar surface area (TPSA) is 61.7 Å². The second-order valence-electron chi connectivity index (χ2n) is 5.27. The van der Waals surface area contributed by atoms with E-state index in [0.29, 0.717) is 6.54 Å². The summed E-state index contributed by atoms with van der Waals surface area (Å²) in [6, 6.07) is 8.69. The molecule has 5 heteroatoms. The summed E-state index contributed by atoms with van der Waals surface area (Å²) in [6.07, 6.45) is 5.73. The van der Waals surface area contributed by atoms with Crippen LogP contribution in [0.15, 0.2) is 36.8 Å². The molecule has 0 radical (unpaired) electrons. The molecule has 2 aromatic heterocycles. The molecule has 0 amide bonds. The van der Waals surface area contributed by atoms with Crippen LogP contribution in [0.3, 0.4) is 0 Å². The van der Waals surface area contributed by atoms with Gasteiger partial charge < -0.3 is 10.3 Å². The lowest BCUT2D eigenvalue weighted by molar-refractivity contribution is 0.557. The van der Waals surface area contributed by atoms with Gasteiger partial charge in [-0.25, -0.2) is 9.67 Å². The van der Waals surface area contributed by atoms with Gasteiger partial charge in [-0.15, -0.1) is 0 Å². The summed E-state index contributed by atoms with van der Waals surface area (Å²) >= 11 is 0. The van der Waals surface area contributed by atoms with Gasteiger partial charge in [0.2, 0.25) is 0 Å². The van der Waals surface area contributed by atoms with Gasteiger partial charge in [0.15, 0.2) is 0 Å². The smallest absolute Gasteiger partial charge is 0.146 e. The molecule has 0 unspecified atom stereocenters. The molecule has 110 valence electrons. The Labute approximate surface area is 124 Å². The second kappa shape index (κ2) is 6.10. The molecule has 3 rings (SSSR count). The molecule has 0 saturated carbocycles. The first-order valence-electron chi connectivity index (χ1n) is 7.46. The van der Waals surface area contributed by atoms with Crippen molar-refractivity contribution in [2.75, 3.05) is 6.54 Å². The predicted molar refractivity (Wildman–Crippen MR) is 84.1 cm³/mol. The summed E-state index contributed by atoms with van der Waals surface area (Å²) < 4.78 is 4.20. The van der Waals surface area contributed by atoms with Crippen LogP contribution in [0, 0.1) is 0 Å². The molecule has 0 spiro atoms. The fraction of sp³-hybridized carbons (Fsp3) is 0.375. The largest absolute Gasteiger partial charge is 0.340 e.